The average Bonchev–Trinajstić information content (AvgIpc) is 2.20. The molecule has 0 heterocycles. The molecule has 76 valence electrons. The highest BCUT2D eigenvalue weighted by Crippen LogP contribution is 2.29. The van der Waals surface area contributed by atoms with E-state index < -0.39 is 5.97 Å². The number of nitrogens with two attached hydrogens (primary N) is 1. The third kappa shape index (κ3) is 1.90. The summed E-state index contributed by atoms with van der Waals surface area (Å²) in [4.78, 5) is 11.3. The summed E-state index contributed by atoms with van der Waals surface area (Å²) in [5.74, 6) is -0.165. The van der Waals surface area contributed by atoms with Gasteiger partial charge in [-0.05, 0) is 6.07 Å². The third-order valence-electron chi connectivity index (χ3n) is 1.72. The monoisotopic (exact) mass is 215 g/mol. The van der Waals surface area contributed by atoms with Crippen LogP contribution in [-0.2, 0) is 4.74 Å². The fraction of sp³-hybridized carbons (Fsp3) is 0.222. The Morgan fingerprint density at radius 2 is 2.07 bits per heavy atom. The van der Waals surface area contributed by atoms with Crippen LogP contribution in [0.1, 0.15) is 10.4 Å². The van der Waals surface area contributed by atoms with Crippen molar-refractivity contribution in [1.82, 2.24) is 0 Å². The van der Waals surface area contributed by atoms with Crippen molar-refractivity contribution >= 4 is 23.3 Å². The predicted molar refractivity (Wildman–Crippen MR) is 53.8 cm³/mol. The number of nitrogen functional groups attached to an aromatic ring is 1. The highest BCUT2D eigenvalue weighted by atomic mass is 35.5. The molecule has 5 heteroatoms. The van der Waals surface area contributed by atoms with E-state index >= 15 is 0 Å². The molecule has 1 rings (SSSR count). The van der Waals surface area contributed by atoms with Crippen LogP contribution in [0.4, 0.5) is 5.69 Å². The maximum atomic E-state index is 11.3. The number of carbonyl (C=O) groups excluding carboxylic acids is 1. The molecular weight excluding hydrogens is 206 g/mol. The second-order valence-electron chi connectivity index (χ2n) is 2.57. The van der Waals surface area contributed by atoms with Crippen molar-refractivity contribution in [3.63, 3.8) is 0 Å². The standard InChI is InChI=1S/C9H10ClNO3/c1-13-8-4-6(10)7(11)3-5(8)9(12)14-2/h3-4H,11H2,1-2H3. The Labute approximate surface area is 86.6 Å². The van der Waals surface area contributed by atoms with Crippen LogP contribution in [0.2, 0.25) is 5.02 Å². The van der Waals surface area contributed by atoms with E-state index in [0.717, 1.165) is 0 Å². The maximum absolute atomic E-state index is 11.3. The van der Waals surface area contributed by atoms with E-state index in [1.54, 1.807) is 0 Å². The first-order valence-electron chi connectivity index (χ1n) is 3.81. The molecule has 0 saturated heterocycles. The van der Waals surface area contributed by atoms with Crippen LogP contribution in [0, 0.1) is 0 Å². The van der Waals surface area contributed by atoms with Crippen molar-refractivity contribution in [1.29, 1.82) is 0 Å². The quantitative estimate of drug-likeness (QED) is 0.603. The molecule has 0 saturated carbocycles. The van der Waals surface area contributed by atoms with Gasteiger partial charge in [-0.2, -0.15) is 0 Å². The number of halogens is 1. The van der Waals surface area contributed by atoms with Crippen molar-refractivity contribution in [2.75, 3.05) is 20.0 Å². The fourth-order valence-electron chi connectivity index (χ4n) is 1.01. The van der Waals surface area contributed by atoms with E-state index in [1.807, 2.05) is 0 Å². The van der Waals surface area contributed by atoms with Crippen molar-refractivity contribution in [2.24, 2.45) is 0 Å². The van der Waals surface area contributed by atoms with Gasteiger partial charge in [0.2, 0.25) is 0 Å². The first kappa shape index (κ1) is 10.7. The lowest BCUT2D eigenvalue weighted by Gasteiger charge is -2.08. The number of methoxy groups -OCH3 is 2. The van der Waals surface area contributed by atoms with Gasteiger partial charge in [0, 0.05) is 6.07 Å². The average molecular weight is 216 g/mol. The van der Waals surface area contributed by atoms with Crippen LogP contribution in [0.5, 0.6) is 5.75 Å². The van der Waals surface area contributed by atoms with Crippen LogP contribution in [0.25, 0.3) is 0 Å². The SMILES string of the molecule is COC(=O)c1cc(N)c(Cl)cc1OC. The highest BCUT2D eigenvalue weighted by molar-refractivity contribution is 6.33. The zero-order valence-corrected chi connectivity index (χ0v) is 8.59. The van der Waals surface area contributed by atoms with Gasteiger partial charge in [-0.25, -0.2) is 4.79 Å². The van der Waals surface area contributed by atoms with Gasteiger partial charge >= 0.3 is 5.97 Å². The lowest BCUT2D eigenvalue weighted by Crippen LogP contribution is -2.05. The van der Waals surface area contributed by atoms with E-state index in [2.05, 4.69) is 4.74 Å². The Morgan fingerprint density at radius 3 is 2.57 bits per heavy atom. The second-order valence-corrected chi connectivity index (χ2v) is 2.97. The highest BCUT2D eigenvalue weighted by Gasteiger charge is 2.14. The summed E-state index contributed by atoms with van der Waals surface area (Å²) < 4.78 is 9.52. The van der Waals surface area contributed by atoms with Gasteiger partial charge in [0.05, 0.1) is 24.9 Å². The Hall–Kier alpha value is -1.42. The van der Waals surface area contributed by atoms with Crippen molar-refractivity contribution in [3.8, 4) is 5.75 Å². The van der Waals surface area contributed by atoms with Gasteiger partial charge in [0.25, 0.3) is 0 Å². The molecule has 0 fully saturated rings. The molecule has 0 aromatic heterocycles. The normalized spacial score (nSPS) is 9.64. The summed E-state index contributed by atoms with van der Waals surface area (Å²) in [5, 5.41) is 0.342. The topological polar surface area (TPSA) is 61.5 Å². The molecule has 0 bridgehead atoms. The fourth-order valence-corrected chi connectivity index (χ4v) is 1.16. The van der Waals surface area contributed by atoms with Crippen molar-refractivity contribution < 1.29 is 14.3 Å². The minimum absolute atomic E-state index is 0.261. The predicted octanol–water partition coefficient (Wildman–Crippen LogP) is 1.72. The summed E-state index contributed by atoms with van der Waals surface area (Å²) in [6.07, 6.45) is 0. The zero-order valence-electron chi connectivity index (χ0n) is 7.83. The molecule has 1 aromatic carbocycles. The second kappa shape index (κ2) is 4.19. The van der Waals surface area contributed by atoms with Gasteiger partial charge in [-0.1, -0.05) is 11.6 Å². The molecule has 0 aliphatic carbocycles. The minimum Gasteiger partial charge on any atom is -0.496 e. The Balaban J connectivity index is 3.27. The van der Waals surface area contributed by atoms with Crippen LogP contribution in [0.3, 0.4) is 0 Å². The number of ether oxygens (including phenoxy) is 2. The summed E-state index contributed by atoms with van der Waals surface area (Å²) in [5.41, 5.74) is 6.12. The summed E-state index contributed by atoms with van der Waals surface area (Å²) in [7, 11) is 2.72. The molecule has 0 aliphatic heterocycles. The minimum atomic E-state index is -0.509. The number of hydrogen-bond donors (Lipinski definition) is 1. The first-order valence-corrected chi connectivity index (χ1v) is 4.19. The Kier molecular flexibility index (Phi) is 3.19. The van der Waals surface area contributed by atoms with Crippen molar-refractivity contribution in [2.45, 2.75) is 0 Å². The van der Waals surface area contributed by atoms with E-state index in [-0.39, 0.29) is 5.56 Å². The van der Waals surface area contributed by atoms with Crippen LogP contribution in [-0.4, -0.2) is 20.2 Å². The van der Waals surface area contributed by atoms with Crippen LogP contribution < -0.4 is 10.5 Å². The molecule has 2 N–H and O–H groups in total. The first-order chi connectivity index (χ1) is 6.60. The molecule has 0 unspecified atom stereocenters. The Morgan fingerprint density at radius 1 is 1.43 bits per heavy atom. The van der Waals surface area contributed by atoms with E-state index in [9.17, 15) is 4.79 Å². The Bertz CT molecular complexity index is 365. The lowest BCUT2D eigenvalue weighted by atomic mass is 10.2. The number of hydrogen-bond acceptors (Lipinski definition) is 4. The molecule has 1 aromatic rings. The molecule has 4 nitrogen and oxygen atoms in total. The number of rotatable bonds is 2. The van der Waals surface area contributed by atoms with Crippen molar-refractivity contribution in [3.05, 3.63) is 22.7 Å². The molecule has 0 spiro atoms. The van der Waals surface area contributed by atoms with Gasteiger partial charge < -0.3 is 15.2 Å². The smallest absolute Gasteiger partial charge is 0.341 e. The van der Waals surface area contributed by atoms with E-state index in [0.29, 0.717) is 16.5 Å². The molecule has 14 heavy (non-hydrogen) atoms. The summed E-state index contributed by atoms with van der Waals surface area (Å²) in [6.45, 7) is 0. The van der Waals surface area contributed by atoms with Crippen LogP contribution >= 0.6 is 11.6 Å². The number of esters is 1. The van der Waals surface area contributed by atoms with Gasteiger partial charge in [-0.3, -0.25) is 0 Å². The van der Waals surface area contributed by atoms with Crippen LogP contribution in [0.15, 0.2) is 12.1 Å². The summed E-state index contributed by atoms with van der Waals surface area (Å²) in [6, 6.07) is 2.90. The number of carbonyl (C=O) groups is 1. The number of anilines is 1. The number of benzene rings is 1. The summed E-state index contributed by atoms with van der Waals surface area (Å²) >= 11 is 5.76. The molecule has 0 aliphatic rings. The van der Waals surface area contributed by atoms with E-state index in [4.69, 9.17) is 22.1 Å². The van der Waals surface area contributed by atoms with Gasteiger partial charge in [-0.15, -0.1) is 0 Å². The van der Waals surface area contributed by atoms with Gasteiger partial charge in [0.15, 0.2) is 0 Å². The lowest BCUT2D eigenvalue weighted by molar-refractivity contribution is 0.0597. The zero-order chi connectivity index (χ0) is 10.7. The molecule has 0 amide bonds. The van der Waals surface area contributed by atoms with E-state index in [1.165, 1.54) is 26.4 Å². The molecule has 0 atom stereocenters. The molecule has 0 radical (unpaired) electrons. The van der Waals surface area contributed by atoms with Gasteiger partial charge in [0.1, 0.15) is 11.3 Å². The maximum Gasteiger partial charge on any atom is 0.341 e. The largest absolute Gasteiger partial charge is 0.496 e. The molecular formula is C9H10ClNO3. The third-order valence-corrected chi connectivity index (χ3v) is 2.05.